The number of allylic oxidation sites excluding steroid dienone is 2. The van der Waals surface area contributed by atoms with Crippen molar-refractivity contribution in [2.75, 3.05) is 19.0 Å². The molecule has 0 aromatic heterocycles. The van der Waals surface area contributed by atoms with Crippen LogP contribution >= 0.6 is 0 Å². The van der Waals surface area contributed by atoms with Gasteiger partial charge >= 0.3 is 5.97 Å². The summed E-state index contributed by atoms with van der Waals surface area (Å²) in [7, 11) is 1.79. The van der Waals surface area contributed by atoms with Crippen molar-refractivity contribution in [2.45, 2.75) is 20.0 Å². The minimum absolute atomic E-state index is 0.0121. The molecule has 0 radical (unpaired) electrons. The third-order valence-electron chi connectivity index (χ3n) is 5.41. The summed E-state index contributed by atoms with van der Waals surface area (Å²) in [5, 5.41) is 23.6. The van der Waals surface area contributed by atoms with Crippen LogP contribution < -0.4 is 16.4 Å². The van der Waals surface area contributed by atoms with Crippen molar-refractivity contribution < 1.29 is 14.6 Å². The van der Waals surface area contributed by atoms with E-state index in [1.807, 2.05) is 48.5 Å². The summed E-state index contributed by atoms with van der Waals surface area (Å²) >= 11 is 0. The number of anilines is 1. The Morgan fingerprint density at radius 2 is 1.94 bits per heavy atom. The molecule has 0 spiro atoms. The van der Waals surface area contributed by atoms with Gasteiger partial charge in [0.25, 0.3) is 0 Å². The van der Waals surface area contributed by atoms with Crippen molar-refractivity contribution in [3.05, 3.63) is 77.3 Å². The minimum Gasteiger partial charge on any atom is -0.462 e. The van der Waals surface area contributed by atoms with E-state index in [4.69, 9.17) is 15.9 Å². The molecular formula is C25H30N4O3. The highest BCUT2D eigenvalue weighted by Crippen LogP contribution is 2.48. The third kappa shape index (κ3) is 5.36. The molecular weight excluding hydrogens is 404 g/mol. The monoisotopic (exact) mass is 434 g/mol. The van der Waals surface area contributed by atoms with Gasteiger partial charge in [-0.05, 0) is 48.2 Å². The molecule has 2 aromatic rings. The average Bonchev–Trinajstić information content (AvgIpc) is 3.60. The SMILES string of the molecule is CCOC(=O)/C(C=N)=C(/Nc1cccc(-c2cccc(CO)c2)c1)[C@@H]1CC1/C(N)=C/NC. The van der Waals surface area contributed by atoms with E-state index in [-0.39, 0.29) is 30.6 Å². The number of benzene rings is 2. The first kappa shape index (κ1) is 23.1. The topological polar surface area (TPSA) is 120 Å². The zero-order valence-electron chi connectivity index (χ0n) is 18.4. The van der Waals surface area contributed by atoms with Crippen molar-refractivity contribution in [1.29, 1.82) is 5.41 Å². The molecule has 7 heteroatoms. The van der Waals surface area contributed by atoms with Crippen LogP contribution in [0.15, 0.2) is 71.7 Å². The Bertz CT molecular complexity index is 1040. The number of aliphatic hydroxyl groups is 1. The van der Waals surface area contributed by atoms with E-state index in [1.165, 1.54) is 0 Å². The highest BCUT2D eigenvalue weighted by molar-refractivity contribution is 6.10. The molecule has 6 N–H and O–H groups in total. The first-order valence-corrected chi connectivity index (χ1v) is 10.6. The Hall–Kier alpha value is -3.58. The molecule has 1 saturated carbocycles. The molecule has 2 atom stereocenters. The van der Waals surface area contributed by atoms with E-state index in [0.717, 1.165) is 35.0 Å². The van der Waals surface area contributed by atoms with E-state index in [0.29, 0.717) is 11.4 Å². The first-order valence-electron chi connectivity index (χ1n) is 10.6. The molecule has 0 amide bonds. The second-order valence-corrected chi connectivity index (χ2v) is 7.64. The van der Waals surface area contributed by atoms with Crippen LogP contribution in [0.25, 0.3) is 11.1 Å². The fourth-order valence-corrected chi connectivity index (χ4v) is 3.75. The molecule has 7 nitrogen and oxygen atoms in total. The Labute approximate surface area is 188 Å². The number of rotatable bonds is 10. The zero-order valence-corrected chi connectivity index (χ0v) is 18.4. The van der Waals surface area contributed by atoms with Gasteiger partial charge in [-0.3, -0.25) is 0 Å². The molecule has 1 aliphatic rings. The molecule has 2 aromatic carbocycles. The third-order valence-corrected chi connectivity index (χ3v) is 5.41. The summed E-state index contributed by atoms with van der Waals surface area (Å²) in [6.45, 7) is 1.95. The highest BCUT2D eigenvalue weighted by atomic mass is 16.5. The number of nitrogens with two attached hydrogens (primary N) is 1. The maximum absolute atomic E-state index is 12.5. The zero-order chi connectivity index (χ0) is 23.1. The van der Waals surface area contributed by atoms with E-state index >= 15 is 0 Å². The Balaban J connectivity index is 1.96. The summed E-state index contributed by atoms with van der Waals surface area (Å²) in [5.74, 6) is -0.459. The maximum atomic E-state index is 12.5. The van der Waals surface area contributed by atoms with Crippen molar-refractivity contribution >= 4 is 17.9 Å². The van der Waals surface area contributed by atoms with Gasteiger partial charge in [0.2, 0.25) is 0 Å². The Morgan fingerprint density at radius 3 is 2.59 bits per heavy atom. The van der Waals surface area contributed by atoms with Crippen LogP contribution in [0, 0.1) is 17.2 Å². The quantitative estimate of drug-likeness (QED) is 0.222. The van der Waals surface area contributed by atoms with Crippen LogP contribution in [-0.4, -0.2) is 30.9 Å². The Morgan fingerprint density at radius 1 is 1.22 bits per heavy atom. The lowest BCUT2D eigenvalue weighted by Gasteiger charge is -2.16. The van der Waals surface area contributed by atoms with Crippen LogP contribution in [0.1, 0.15) is 18.9 Å². The van der Waals surface area contributed by atoms with Gasteiger partial charge < -0.3 is 31.6 Å². The van der Waals surface area contributed by atoms with Crippen LogP contribution in [0.5, 0.6) is 0 Å². The summed E-state index contributed by atoms with van der Waals surface area (Å²) in [6.07, 6.45) is 3.58. The van der Waals surface area contributed by atoms with Crippen molar-refractivity contribution in [1.82, 2.24) is 5.32 Å². The molecule has 3 rings (SSSR count). The number of ether oxygens (including phenoxy) is 1. The molecule has 32 heavy (non-hydrogen) atoms. The van der Waals surface area contributed by atoms with Crippen molar-refractivity contribution in [3.63, 3.8) is 0 Å². The normalized spacial score (nSPS) is 18.4. The van der Waals surface area contributed by atoms with Crippen LogP contribution in [0.3, 0.4) is 0 Å². The average molecular weight is 435 g/mol. The summed E-state index contributed by atoms with van der Waals surface area (Å²) in [5.41, 5.74) is 11.3. The van der Waals surface area contributed by atoms with Crippen LogP contribution in [0.2, 0.25) is 0 Å². The smallest absolute Gasteiger partial charge is 0.341 e. The molecule has 0 saturated heterocycles. The fourth-order valence-electron chi connectivity index (χ4n) is 3.75. The van der Waals surface area contributed by atoms with Crippen LogP contribution in [0.4, 0.5) is 5.69 Å². The lowest BCUT2D eigenvalue weighted by Crippen LogP contribution is -2.18. The van der Waals surface area contributed by atoms with Gasteiger partial charge in [-0.2, -0.15) is 0 Å². The van der Waals surface area contributed by atoms with Crippen LogP contribution in [-0.2, 0) is 16.1 Å². The molecule has 0 bridgehead atoms. The summed E-state index contributed by atoms with van der Waals surface area (Å²) in [6, 6.07) is 15.5. The van der Waals surface area contributed by atoms with E-state index < -0.39 is 5.97 Å². The summed E-state index contributed by atoms with van der Waals surface area (Å²) in [4.78, 5) is 12.5. The second-order valence-electron chi connectivity index (χ2n) is 7.64. The van der Waals surface area contributed by atoms with E-state index in [2.05, 4.69) is 10.6 Å². The minimum atomic E-state index is -0.529. The number of nitrogens with one attached hydrogen (secondary N) is 3. The molecule has 168 valence electrons. The van der Waals surface area contributed by atoms with Gasteiger partial charge in [-0.1, -0.05) is 30.3 Å². The fraction of sp³-hybridized carbons (Fsp3) is 0.280. The van der Waals surface area contributed by atoms with Crippen molar-refractivity contribution in [2.24, 2.45) is 17.6 Å². The van der Waals surface area contributed by atoms with Gasteiger partial charge in [0, 0.05) is 48.4 Å². The first-order chi connectivity index (χ1) is 15.5. The lowest BCUT2D eigenvalue weighted by atomic mass is 10.0. The molecule has 1 aliphatic carbocycles. The van der Waals surface area contributed by atoms with Gasteiger partial charge in [-0.25, -0.2) is 4.79 Å². The lowest BCUT2D eigenvalue weighted by molar-refractivity contribution is -0.137. The van der Waals surface area contributed by atoms with Gasteiger partial charge in [-0.15, -0.1) is 0 Å². The standard InChI is InChI=1S/C25H30N4O3/c1-3-32-25(31)22(13-26)24(21-12-20(21)23(27)14-28-2)29-19-9-5-8-18(11-19)17-7-4-6-16(10-17)15-30/h4-11,13-14,20-21,26,28-30H,3,12,15,27H2,1-2H3/b23-14-,24-22+,26-13?/t20?,21-/m1/s1. The molecule has 0 heterocycles. The number of aliphatic hydroxyl groups excluding tert-OH is 1. The molecule has 0 aliphatic heterocycles. The highest BCUT2D eigenvalue weighted by Gasteiger charge is 2.44. The van der Waals surface area contributed by atoms with Crippen molar-refractivity contribution in [3.8, 4) is 11.1 Å². The van der Waals surface area contributed by atoms with E-state index in [9.17, 15) is 9.90 Å². The number of carbonyl (C=O) groups excluding carboxylic acids is 1. The number of hydrogen-bond donors (Lipinski definition) is 5. The second kappa shape index (κ2) is 10.6. The largest absolute Gasteiger partial charge is 0.462 e. The van der Waals surface area contributed by atoms with Gasteiger partial charge in [0.1, 0.15) is 0 Å². The Kier molecular flexibility index (Phi) is 7.68. The predicted molar refractivity (Wildman–Crippen MR) is 127 cm³/mol. The number of hydrogen-bond acceptors (Lipinski definition) is 7. The number of carbonyl (C=O) groups is 1. The van der Waals surface area contributed by atoms with Gasteiger partial charge in [0.05, 0.1) is 18.8 Å². The number of esters is 1. The van der Waals surface area contributed by atoms with E-state index in [1.54, 1.807) is 20.2 Å². The van der Waals surface area contributed by atoms with Gasteiger partial charge in [0.15, 0.2) is 0 Å². The maximum Gasteiger partial charge on any atom is 0.341 e. The summed E-state index contributed by atoms with van der Waals surface area (Å²) < 4.78 is 5.18. The molecule has 1 fully saturated rings. The molecule has 1 unspecified atom stereocenters. The predicted octanol–water partition coefficient (Wildman–Crippen LogP) is 3.38.